The molecule has 232 valence electrons. The van der Waals surface area contributed by atoms with Gasteiger partial charge in [0.2, 0.25) is 5.91 Å². The number of nitrogens with zero attached hydrogens (tertiary/aromatic N) is 3. The number of hydrogen-bond donors (Lipinski definition) is 0. The van der Waals surface area contributed by atoms with Crippen molar-refractivity contribution in [2.24, 2.45) is 11.8 Å². The monoisotopic (exact) mass is 601 g/mol. The van der Waals surface area contributed by atoms with Gasteiger partial charge in [-0.1, -0.05) is 42.5 Å². The van der Waals surface area contributed by atoms with Gasteiger partial charge in [0, 0.05) is 53.4 Å². The summed E-state index contributed by atoms with van der Waals surface area (Å²) in [5.74, 6) is 3.23. The molecular formula is C39H43N3O3. The van der Waals surface area contributed by atoms with E-state index < -0.39 is 0 Å². The van der Waals surface area contributed by atoms with Crippen molar-refractivity contribution >= 4 is 22.9 Å². The third-order valence-electron chi connectivity index (χ3n) is 10.9. The van der Waals surface area contributed by atoms with E-state index in [1.165, 1.54) is 44.3 Å². The van der Waals surface area contributed by atoms with Gasteiger partial charge in [-0.25, -0.2) is 0 Å². The molecule has 4 fully saturated rings. The molecule has 0 aliphatic carbocycles. The van der Waals surface area contributed by atoms with Gasteiger partial charge < -0.3 is 18.9 Å². The Morgan fingerprint density at radius 3 is 2.51 bits per heavy atom. The molecule has 4 aromatic rings. The third kappa shape index (κ3) is 5.43. The number of methoxy groups -OCH3 is 1. The van der Waals surface area contributed by atoms with E-state index in [0.717, 1.165) is 65.0 Å². The van der Waals surface area contributed by atoms with Gasteiger partial charge in [0.25, 0.3) is 0 Å². The zero-order valence-corrected chi connectivity index (χ0v) is 26.2. The Balaban J connectivity index is 1.04. The van der Waals surface area contributed by atoms with Crippen molar-refractivity contribution < 1.29 is 14.3 Å². The second kappa shape index (κ2) is 12.1. The molecule has 4 aliphatic rings. The first-order valence-electron chi connectivity index (χ1n) is 16.8. The van der Waals surface area contributed by atoms with Crippen molar-refractivity contribution in [2.75, 3.05) is 26.7 Å². The van der Waals surface area contributed by atoms with Gasteiger partial charge in [-0.05, 0) is 111 Å². The van der Waals surface area contributed by atoms with Crippen LogP contribution in [-0.4, -0.2) is 59.1 Å². The molecular weight excluding hydrogens is 558 g/mol. The molecule has 0 spiro atoms. The molecule has 4 saturated heterocycles. The van der Waals surface area contributed by atoms with Gasteiger partial charge in [0.1, 0.15) is 18.1 Å². The van der Waals surface area contributed by atoms with Crippen molar-refractivity contribution in [1.29, 1.82) is 0 Å². The Labute approximate surface area is 266 Å². The van der Waals surface area contributed by atoms with Gasteiger partial charge in [-0.3, -0.25) is 9.69 Å². The molecule has 4 atom stereocenters. The highest BCUT2D eigenvalue weighted by Gasteiger charge is 2.51. The predicted octanol–water partition coefficient (Wildman–Crippen LogP) is 7.16. The fourth-order valence-electron chi connectivity index (χ4n) is 8.82. The van der Waals surface area contributed by atoms with Gasteiger partial charge in [-0.2, -0.15) is 0 Å². The number of carbonyl (C=O) groups is 1. The lowest BCUT2D eigenvalue weighted by atomic mass is 9.67. The number of piperidine rings is 4. The maximum atomic E-state index is 14.1. The number of hydrogen-bond acceptors (Lipinski definition) is 4. The molecule has 3 aromatic carbocycles. The largest absolute Gasteiger partial charge is 0.497 e. The minimum absolute atomic E-state index is 0.266. The van der Waals surface area contributed by atoms with Crippen molar-refractivity contribution in [2.45, 2.75) is 63.8 Å². The van der Waals surface area contributed by atoms with Gasteiger partial charge >= 0.3 is 0 Å². The molecule has 0 N–H and O–H groups in total. The van der Waals surface area contributed by atoms with Crippen LogP contribution in [0.15, 0.2) is 84.6 Å². The van der Waals surface area contributed by atoms with Crippen LogP contribution in [0.25, 0.3) is 17.0 Å². The Morgan fingerprint density at radius 2 is 1.69 bits per heavy atom. The summed E-state index contributed by atoms with van der Waals surface area (Å²) >= 11 is 0. The van der Waals surface area contributed by atoms with Crippen LogP contribution in [0.1, 0.15) is 55.2 Å². The zero-order chi connectivity index (χ0) is 30.3. The van der Waals surface area contributed by atoms with Crippen LogP contribution in [-0.2, 0) is 17.9 Å². The predicted molar refractivity (Wildman–Crippen MR) is 178 cm³/mol. The lowest BCUT2D eigenvalue weighted by Gasteiger charge is -2.58. The fourth-order valence-corrected chi connectivity index (χ4v) is 8.82. The molecule has 0 bridgehead atoms. The van der Waals surface area contributed by atoms with Gasteiger partial charge in [0.05, 0.1) is 7.11 Å². The molecule has 5 heterocycles. The van der Waals surface area contributed by atoms with Crippen molar-refractivity contribution in [1.82, 2.24) is 14.4 Å². The second-order valence-corrected chi connectivity index (χ2v) is 13.5. The van der Waals surface area contributed by atoms with Crippen LogP contribution in [0.3, 0.4) is 0 Å². The molecule has 1 aromatic heterocycles. The van der Waals surface area contributed by atoms with E-state index in [1.54, 1.807) is 7.11 Å². The number of benzene rings is 3. The molecule has 8 rings (SSSR count). The standard InChI is InChI=1S/C39H43N3O3/c1-44-33-16-18-36-35(22-33)31(24-41(36)23-27-11-14-32(15-12-27)45-26-28-7-3-2-4-8-28)21-29-13-17-37-34-10-6-20-40-19-5-9-30(38(34)40)25-42(37)39(29)43/h2-4,7-8,11-12,14-16,18,21-22,24,30,34,37-38H,5-6,9-10,13,17,19-20,23,25-26H2,1H3/b29-21+/t30-,34-,37-,38+/m1/s1. The van der Waals surface area contributed by atoms with Crippen LogP contribution in [0.5, 0.6) is 11.5 Å². The molecule has 45 heavy (non-hydrogen) atoms. The Morgan fingerprint density at radius 1 is 0.889 bits per heavy atom. The Kier molecular flexibility index (Phi) is 7.62. The average Bonchev–Trinajstić information content (AvgIpc) is 3.42. The number of ether oxygens (including phenoxy) is 2. The van der Waals surface area contributed by atoms with Crippen LogP contribution < -0.4 is 9.47 Å². The highest BCUT2D eigenvalue weighted by Crippen LogP contribution is 2.45. The van der Waals surface area contributed by atoms with Crippen molar-refractivity contribution in [3.63, 3.8) is 0 Å². The second-order valence-electron chi connectivity index (χ2n) is 13.5. The van der Waals surface area contributed by atoms with E-state index in [9.17, 15) is 4.79 Å². The van der Waals surface area contributed by atoms with Crippen LogP contribution in [0.4, 0.5) is 0 Å². The molecule has 4 aliphatic heterocycles. The summed E-state index contributed by atoms with van der Waals surface area (Å²) in [5.41, 5.74) is 5.53. The van der Waals surface area contributed by atoms with Crippen molar-refractivity contribution in [3.05, 3.63) is 101 Å². The van der Waals surface area contributed by atoms with Crippen LogP contribution in [0.2, 0.25) is 0 Å². The van der Waals surface area contributed by atoms with E-state index in [-0.39, 0.29) is 5.91 Å². The fraction of sp³-hybridized carbons (Fsp3) is 0.410. The van der Waals surface area contributed by atoms with E-state index in [0.29, 0.717) is 30.5 Å². The quantitative estimate of drug-likeness (QED) is 0.211. The maximum Gasteiger partial charge on any atom is 0.250 e. The minimum atomic E-state index is 0.266. The molecule has 6 heteroatoms. The number of carbonyl (C=O) groups excluding carboxylic acids is 1. The number of amides is 1. The highest BCUT2D eigenvalue weighted by atomic mass is 16.5. The summed E-state index contributed by atoms with van der Waals surface area (Å²) in [6.07, 6.45) is 11.4. The first-order valence-corrected chi connectivity index (χ1v) is 16.8. The summed E-state index contributed by atoms with van der Waals surface area (Å²) < 4.78 is 13.9. The van der Waals surface area contributed by atoms with Crippen LogP contribution >= 0.6 is 0 Å². The SMILES string of the molecule is COc1ccc2c(c1)c(/C=C1\CC[C@@H]3[C@H]4CCCN5CCC[C@H](CN3C1=O)[C@@H]45)cn2Cc1ccc(OCc2ccccc2)cc1. The minimum Gasteiger partial charge on any atom is -0.497 e. The van der Waals surface area contributed by atoms with E-state index in [4.69, 9.17) is 9.47 Å². The zero-order valence-electron chi connectivity index (χ0n) is 26.2. The summed E-state index contributed by atoms with van der Waals surface area (Å²) in [6.45, 7) is 4.72. The normalized spacial score (nSPS) is 25.7. The lowest BCUT2D eigenvalue weighted by molar-refractivity contribution is -0.145. The average molecular weight is 602 g/mol. The highest BCUT2D eigenvalue weighted by molar-refractivity contribution is 6.02. The van der Waals surface area contributed by atoms with Gasteiger partial charge in [0.15, 0.2) is 0 Å². The Hall–Kier alpha value is -4.03. The summed E-state index contributed by atoms with van der Waals surface area (Å²) in [5, 5.41) is 1.12. The van der Waals surface area contributed by atoms with E-state index in [1.807, 2.05) is 36.4 Å². The third-order valence-corrected chi connectivity index (χ3v) is 10.9. The van der Waals surface area contributed by atoms with Gasteiger partial charge in [-0.15, -0.1) is 0 Å². The van der Waals surface area contributed by atoms with Crippen molar-refractivity contribution in [3.8, 4) is 11.5 Å². The number of rotatable bonds is 7. The smallest absolute Gasteiger partial charge is 0.250 e. The number of aromatic nitrogens is 1. The summed E-state index contributed by atoms with van der Waals surface area (Å²) in [7, 11) is 1.71. The molecule has 0 radical (unpaired) electrons. The van der Waals surface area contributed by atoms with E-state index >= 15 is 0 Å². The molecule has 6 nitrogen and oxygen atoms in total. The lowest BCUT2D eigenvalue weighted by Crippen LogP contribution is -2.66. The Bertz CT molecular complexity index is 1710. The first kappa shape index (κ1) is 28.4. The first-order chi connectivity index (χ1) is 22.1. The number of fused-ring (bicyclic) bond motifs is 3. The topological polar surface area (TPSA) is 46.9 Å². The maximum absolute atomic E-state index is 14.1. The van der Waals surface area contributed by atoms with E-state index in [2.05, 4.69) is 63.0 Å². The van der Waals surface area contributed by atoms with Crippen LogP contribution in [0, 0.1) is 11.8 Å². The molecule has 0 unspecified atom stereocenters. The molecule has 1 amide bonds. The summed E-state index contributed by atoms with van der Waals surface area (Å²) in [4.78, 5) is 19.2. The summed E-state index contributed by atoms with van der Waals surface area (Å²) in [6, 6.07) is 26.0. The molecule has 0 saturated carbocycles.